The average molecular weight is 330 g/mol. The highest BCUT2D eigenvalue weighted by Crippen LogP contribution is 2.47. The van der Waals surface area contributed by atoms with E-state index in [0.717, 1.165) is 0 Å². The minimum atomic E-state index is -0.651. The summed E-state index contributed by atoms with van der Waals surface area (Å²) in [5.74, 6) is -2.32. The number of aldehydes is 1. The lowest BCUT2D eigenvalue weighted by atomic mass is 9.70. The van der Waals surface area contributed by atoms with E-state index in [2.05, 4.69) is 0 Å². The molecule has 0 atom stereocenters. The number of carbonyl (C=O) groups is 3. The number of hydrogen-bond donors (Lipinski definition) is 2. The molecule has 0 heterocycles. The van der Waals surface area contributed by atoms with Gasteiger partial charge in [-0.3, -0.25) is 14.4 Å². The zero-order chi connectivity index (χ0) is 18.6. The minimum absolute atomic E-state index is 0.0258. The van der Waals surface area contributed by atoms with Crippen LogP contribution in [-0.4, -0.2) is 28.1 Å². The zero-order valence-electron chi connectivity index (χ0n) is 14.8. The molecule has 1 aliphatic rings. The number of phenolic OH excluding ortho intramolecular Hbond substituents is 2. The summed E-state index contributed by atoms with van der Waals surface area (Å²) in [7, 11) is 0. The highest BCUT2D eigenvalue weighted by molar-refractivity contribution is 6.30. The van der Waals surface area contributed by atoms with E-state index >= 15 is 0 Å². The van der Waals surface area contributed by atoms with Gasteiger partial charge >= 0.3 is 0 Å². The van der Waals surface area contributed by atoms with Gasteiger partial charge in [-0.05, 0) is 18.3 Å². The van der Waals surface area contributed by atoms with Crippen LogP contribution in [0.4, 0.5) is 0 Å². The molecule has 1 aromatic carbocycles. The second-order valence-corrected chi connectivity index (χ2v) is 7.46. The van der Waals surface area contributed by atoms with Gasteiger partial charge in [-0.15, -0.1) is 0 Å². The Balaban J connectivity index is 3.04. The maximum Gasteiger partial charge on any atom is 0.191 e. The fourth-order valence-electron chi connectivity index (χ4n) is 3.41. The number of aromatic hydroxyl groups is 2. The molecule has 0 bridgehead atoms. The average Bonchev–Trinajstić information content (AvgIpc) is 2.45. The summed E-state index contributed by atoms with van der Waals surface area (Å²) in [5.41, 5.74) is -0.187. The Hall–Kier alpha value is -2.43. The topological polar surface area (TPSA) is 91.7 Å². The lowest BCUT2D eigenvalue weighted by molar-refractivity contribution is 0.0952. The third kappa shape index (κ3) is 2.35. The van der Waals surface area contributed by atoms with Crippen molar-refractivity contribution in [2.75, 3.05) is 0 Å². The van der Waals surface area contributed by atoms with E-state index < -0.39 is 28.5 Å². The van der Waals surface area contributed by atoms with Crippen molar-refractivity contribution < 1.29 is 24.6 Å². The van der Waals surface area contributed by atoms with Crippen LogP contribution in [0, 0.1) is 5.41 Å². The quantitative estimate of drug-likeness (QED) is 0.636. The van der Waals surface area contributed by atoms with Gasteiger partial charge in [0, 0.05) is 27.8 Å². The lowest BCUT2D eigenvalue weighted by Crippen LogP contribution is -2.30. The highest BCUT2D eigenvalue weighted by Gasteiger charge is 2.41. The van der Waals surface area contributed by atoms with Crippen LogP contribution in [0.15, 0.2) is 11.1 Å². The van der Waals surface area contributed by atoms with Crippen LogP contribution in [0.3, 0.4) is 0 Å². The smallest absolute Gasteiger partial charge is 0.191 e. The second kappa shape index (κ2) is 5.58. The van der Waals surface area contributed by atoms with Crippen molar-refractivity contribution in [3.05, 3.63) is 33.4 Å². The molecule has 1 aliphatic carbocycles. The maximum atomic E-state index is 13.1. The van der Waals surface area contributed by atoms with Gasteiger partial charge in [-0.1, -0.05) is 34.6 Å². The molecule has 0 saturated carbocycles. The molecule has 0 unspecified atom stereocenters. The van der Waals surface area contributed by atoms with Crippen molar-refractivity contribution in [1.29, 1.82) is 0 Å². The molecule has 0 radical (unpaired) electrons. The second-order valence-electron chi connectivity index (χ2n) is 7.46. The first-order valence-electron chi connectivity index (χ1n) is 7.82. The summed E-state index contributed by atoms with van der Waals surface area (Å²) in [6.45, 7) is 10.5. The third-order valence-electron chi connectivity index (χ3n) is 4.37. The summed E-state index contributed by atoms with van der Waals surface area (Å²) in [4.78, 5) is 37.5. The molecule has 0 aromatic heterocycles. The molecule has 0 amide bonds. The van der Waals surface area contributed by atoms with Crippen LogP contribution in [0.1, 0.15) is 84.1 Å². The number of phenols is 2. The summed E-state index contributed by atoms with van der Waals surface area (Å²) in [6.07, 6.45) is 0.310. The Bertz CT molecular complexity index is 804. The first kappa shape index (κ1) is 17.9. The third-order valence-corrected chi connectivity index (χ3v) is 4.37. The van der Waals surface area contributed by atoms with Gasteiger partial charge in [0.25, 0.3) is 0 Å². The van der Waals surface area contributed by atoms with Gasteiger partial charge in [-0.2, -0.15) is 0 Å². The van der Waals surface area contributed by atoms with Crippen molar-refractivity contribution in [1.82, 2.24) is 0 Å². The van der Waals surface area contributed by atoms with E-state index in [-0.39, 0.29) is 28.2 Å². The number of rotatable bonds is 2. The molecule has 1 aromatic rings. The van der Waals surface area contributed by atoms with E-state index in [9.17, 15) is 24.6 Å². The van der Waals surface area contributed by atoms with Crippen molar-refractivity contribution in [3.63, 3.8) is 0 Å². The molecular weight excluding hydrogens is 308 g/mol. The predicted molar refractivity (Wildman–Crippen MR) is 90.1 cm³/mol. The largest absolute Gasteiger partial charge is 0.504 e. The van der Waals surface area contributed by atoms with Crippen LogP contribution >= 0.6 is 0 Å². The molecule has 2 rings (SSSR count). The van der Waals surface area contributed by atoms with E-state index in [1.807, 2.05) is 20.8 Å². The van der Waals surface area contributed by atoms with E-state index in [4.69, 9.17) is 0 Å². The summed E-state index contributed by atoms with van der Waals surface area (Å²) in [6, 6.07) is 0. The van der Waals surface area contributed by atoms with Gasteiger partial charge in [0.15, 0.2) is 29.4 Å². The highest BCUT2D eigenvalue weighted by atomic mass is 16.3. The summed E-state index contributed by atoms with van der Waals surface area (Å²) < 4.78 is 0. The van der Waals surface area contributed by atoms with Crippen LogP contribution in [-0.2, 0) is 0 Å². The minimum Gasteiger partial charge on any atom is -0.504 e. The van der Waals surface area contributed by atoms with Crippen molar-refractivity contribution in [3.8, 4) is 11.5 Å². The van der Waals surface area contributed by atoms with Crippen molar-refractivity contribution >= 4 is 17.9 Å². The van der Waals surface area contributed by atoms with Crippen molar-refractivity contribution in [2.24, 2.45) is 5.41 Å². The van der Waals surface area contributed by atoms with Gasteiger partial charge in [0.05, 0.1) is 5.56 Å². The Kier molecular flexibility index (Phi) is 4.17. The molecule has 5 heteroatoms. The Morgan fingerprint density at radius 2 is 1.50 bits per heavy atom. The zero-order valence-corrected chi connectivity index (χ0v) is 14.8. The van der Waals surface area contributed by atoms with Crippen LogP contribution in [0.25, 0.3) is 0 Å². The van der Waals surface area contributed by atoms with E-state index in [1.165, 1.54) is 0 Å². The molecular formula is C19H22O5. The number of fused-ring (bicyclic) bond motifs is 1. The Morgan fingerprint density at radius 1 is 0.958 bits per heavy atom. The fraction of sp³-hybridized carbons (Fsp3) is 0.421. The van der Waals surface area contributed by atoms with Gasteiger partial charge in [0.2, 0.25) is 0 Å². The fourth-order valence-corrected chi connectivity index (χ4v) is 3.41. The summed E-state index contributed by atoms with van der Waals surface area (Å²) >= 11 is 0. The van der Waals surface area contributed by atoms with Crippen LogP contribution < -0.4 is 0 Å². The number of allylic oxidation sites excluding steroid dienone is 2. The molecule has 0 spiro atoms. The SMILES string of the molecule is CC1=C(C(C)(C)C)C(=O)c2c(C=O)c(O)c(O)c(C(C)C)c2C1=O. The van der Waals surface area contributed by atoms with Gasteiger partial charge in [0.1, 0.15) is 0 Å². The van der Waals surface area contributed by atoms with E-state index in [0.29, 0.717) is 17.4 Å². The molecule has 0 saturated heterocycles. The lowest BCUT2D eigenvalue weighted by Gasteiger charge is -2.31. The first-order chi connectivity index (χ1) is 10.9. The number of benzene rings is 1. The first-order valence-corrected chi connectivity index (χ1v) is 7.82. The predicted octanol–water partition coefficient (Wildman–Crippen LogP) is 3.78. The molecule has 24 heavy (non-hydrogen) atoms. The Labute approximate surface area is 141 Å². The number of hydrogen-bond acceptors (Lipinski definition) is 5. The summed E-state index contributed by atoms with van der Waals surface area (Å²) in [5, 5.41) is 20.4. The monoisotopic (exact) mass is 330 g/mol. The number of Topliss-reactive ketones (excluding diaryl/α,β-unsaturated/α-hetero) is 2. The van der Waals surface area contributed by atoms with Gasteiger partial charge in [-0.25, -0.2) is 0 Å². The van der Waals surface area contributed by atoms with Crippen molar-refractivity contribution in [2.45, 2.75) is 47.5 Å². The molecule has 128 valence electrons. The Morgan fingerprint density at radius 3 is 1.92 bits per heavy atom. The number of ketones is 2. The van der Waals surface area contributed by atoms with E-state index in [1.54, 1.807) is 20.8 Å². The van der Waals surface area contributed by atoms with Crippen LogP contribution in [0.5, 0.6) is 11.5 Å². The van der Waals surface area contributed by atoms with Crippen LogP contribution in [0.2, 0.25) is 0 Å². The molecule has 5 nitrogen and oxygen atoms in total. The normalized spacial score (nSPS) is 15.1. The maximum absolute atomic E-state index is 13.1. The standard InChI is InChI=1S/C19H22O5/c1-8(2)11-13-12(10(7-20)16(22)18(11)24)17(23)14(19(4,5)6)9(3)15(13)21/h7-8,22,24H,1-6H3. The van der Waals surface area contributed by atoms with Gasteiger partial charge < -0.3 is 10.2 Å². The molecule has 0 aliphatic heterocycles. The molecule has 2 N–H and O–H groups in total. The number of carbonyl (C=O) groups excluding carboxylic acids is 3. The molecule has 0 fully saturated rings.